The standard InChI is InChI=1S/C25H33N3O4/c1-19-15-20(2)24-21(16-19)17-22(9-7-5-3-4-6-8-14-31-25(24)30)27-32-18-23(29)28-12-10-26-11-13-28/h4,6-7,9,15-16,26H,3,5,8,10-14,17-18H2,1-2H3/b6-4+,9-7+,27-22+. The molecular weight excluding hydrogens is 406 g/mol. The van der Waals surface area contributed by atoms with E-state index in [4.69, 9.17) is 9.57 Å². The number of hydrogen-bond donors (Lipinski definition) is 1. The molecule has 0 aromatic heterocycles. The van der Waals surface area contributed by atoms with Crippen molar-refractivity contribution in [2.75, 3.05) is 39.4 Å². The molecule has 2 heterocycles. The number of carbonyl (C=O) groups is 2. The molecule has 2 aliphatic heterocycles. The van der Waals surface area contributed by atoms with E-state index < -0.39 is 0 Å². The summed E-state index contributed by atoms with van der Waals surface area (Å²) in [6, 6.07) is 3.98. The fourth-order valence-corrected chi connectivity index (χ4v) is 3.92. The predicted molar refractivity (Wildman–Crippen MR) is 125 cm³/mol. The summed E-state index contributed by atoms with van der Waals surface area (Å²) in [7, 11) is 0. The van der Waals surface area contributed by atoms with Crippen molar-refractivity contribution < 1.29 is 19.2 Å². The highest BCUT2D eigenvalue weighted by atomic mass is 16.6. The third-order valence-electron chi connectivity index (χ3n) is 5.47. The molecule has 32 heavy (non-hydrogen) atoms. The van der Waals surface area contributed by atoms with E-state index in [0.29, 0.717) is 43.8 Å². The average Bonchev–Trinajstić information content (AvgIpc) is 2.77. The Morgan fingerprint density at radius 3 is 2.69 bits per heavy atom. The molecule has 0 radical (unpaired) electrons. The van der Waals surface area contributed by atoms with Crippen LogP contribution in [0.25, 0.3) is 0 Å². The van der Waals surface area contributed by atoms with Gasteiger partial charge in [0.25, 0.3) is 5.91 Å². The Morgan fingerprint density at radius 2 is 1.88 bits per heavy atom. The first-order chi connectivity index (χ1) is 15.5. The number of rotatable bonds is 3. The van der Waals surface area contributed by atoms with Gasteiger partial charge in [0.2, 0.25) is 0 Å². The highest BCUT2D eigenvalue weighted by Gasteiger charge is 2.19. The van der Waals surface area contributed by atoms with E-state index in [1.165, 1.54) is 0 Å². The fourth-order valence-electron chi connectivity index (χ4n) is 3.92. The third kappa shape index (κ3) is 7.05. The number of fused-ring (bicyclic) bond motifs is 1. The molecule has 1 aromatic rings. The highest BCUT2D eigenvalue weighted by Crippen LogP contribution is 2.20. The minimum atomic E-state index is -0.318. The zero-order valence-corrected chi connectivity index (χ0v) is 19.1. The van der Waals surface area contributed by atoms with Gasteiger partial charge in [0, 0.05) is 32.6 Å². The zero-order valence-electron chi connectivity index (χ0n) is 19.1. The van der Waals surface area contributed by atoms with E-state index in [1.54, 1.807) is 4.90 Å². The Hall–Kier alpha value is -2.93. The molecule has 1 fully saturated rings. The van der Waals surface area contributed by atoms with Crippen molar-refractivity contribution in [3.63, 3.8) is 0 Å². The predicted octanol–water partition coefficient (Wildman–Crippen LogP) is 3.10. The topological polar surface area (TPSA) is 80.2 Å². The first-order valence-corrected chi connectivity index (χ1v) is 11.3. The highest BCUT2D eigenvalue weighted by molar-refractivity contribution is 6.00. The molecule has 1 saturated heterocycles. The Bertz CT molecular complexity index is 899. The summed E-state index contributed by atoms with van der Waals surface area (Å²) in [5.74, 6) is -0.386. The number of nitrogens with zero attached hydrogens (tertiary/aromatic N) is 2. The molecule has 2 aliphatic rings. The third-order valence-corrected chi connectivity index (χ3v) is 5.47. The van der Waals surface area contributed by atoms with Crippen LogP contribution in [-0.4, -0.2) is 61.9 Å². The lowest BCUT2D eigenvalue weighted by atomic mass is 9.95. The molecule has 0 atom stereocenters. The van der Waals surface area contributed by atoms with Crippen molar-refractivity contribution in [2.45, 2.75) is 39.5 Å². The normalized spacial score (nSPS) is 21.2. The van der Waals surface area contributed by atoms with Gasteiger partial charge in [-0.2, -0.15) is 0 Å². The fraction of sp³-hybridized carbons (Fsp3) is 0.480. The minimum absolute atomic E-state index is 0.0680. The molecule has 1 aromatic carbocycles. The van der Waals surface area contributed by atoms with Crippen LogP contribution in [0.3, 0.4) is 0 Å². The van der Waals surface area contributed by atoms with E-state index in [9.17, 15) is 9.59 Å². The lowest BCUT2D eigenvalue weighted by molar-refractivity contribution is -0.136. The van der Waals surface area contributed by atoms with Gasteiger partial charge in [0.15, 0.2) is 6.61 Å². The second kappa shape index (κ2) is 12.2. The number of amides is 1. The van der Waals surface area contributed by atoms with Crippen LogP contribution in [-0.2, 0) is 20.8 Å². The van der Waals surface area contributed by atoms with Crippen LogP contribution in [0.15, 0.2) is 41.6 Å². The van der Waals surface area contributed by atoms with Crippen LogP contribution in [0.2, 0.25) is 0 Å². The van der Waals surface area contributed by atoms with Crippen LogP contribution in [0.4, 0.5) is 0 Å². The van der Waals surface area contributed by atoms with Crippen LogP contribution >= 0.6 is 0 Å². The Labute approximate surface area is 190 Å². The Morgan fingerprint density at radius 1 is 1.12 bits per heavy atom. The van der Waals surface area contributed by atoms with Crippen LogP contribution in [0, 0.1) is 13.8 Å². The van der Waals surface area contributed by atoms with E-state index in [2.05, 4.69) is 22.6 Å². The number of nitrogens with one attached hydrogen (secondary N) is 1. The summed E-state index contributed by atoms with van der Waals surface area (Å²) in [6.45, 7) is 7.14. The van der Waals surface area contributed by atoms with Crippen molar-refractivity contribution in [3.05, 3.63) is 58.7 Å². The summed E-state index contributed by atoms with van der Waals surface area (Å²) in [4.78, 5) is 32.4. The number of aryl methyl sites for hydroxylation is 2. The largest absolute Gasteiger partial charge is 0.462 e. The van der Waals surface area contributed by atoms with E-state index in [1.807, 2.05) is 38.1 Å². The van der Waals surface area contributed by atoms with Gasteiger partial charge in [-0.3, -0.25) is 4.79 Å². The summed E-state index contributed by atoms with van der Waals surface area (Å²) in [6.07, 6.45) is 11.0. The molecule has 7 nitrogen and oxygen atoms in total. The summed E-state index contributed by atoms with van der Waals surface area (Å²) in [5.41, 5.74) is 4.04. The lowest BCUT2D eigenvalue weighted by Crippen LogP contribution is -2.47. The van der Waals surface area contributed by atoms with Crippen molar-refractivity contribution in [3.8, 4) is 0 Å². The molecule has 0 saturated carbocycles. The maximum absolute atomic E-state index is 12.8. The number of hydrogen-bond acceptors (Lipinski definition) is 6. The van der Waals surface area contributed by atoms with Crippen LogP contribution in [0.5, 0.6) is 0 Å². The van der Waals surface area contributed by atoms with E-state index in [0.717, 1.165) is 42.6 Å². The van der Waals surface area contributed by atoms with Gasteiger partial charge in [-0.15, -0.1) is 0 Å². The number of piperazine rings is 1. The molecule has 0 bridgehead atoms. The smallest absolute Gasteiger partial charge is 0.338 e. The van der Waals surface area contributed by atoms with E-state index >= 15 is 0 Å². The van der Waals surface area contributed by atoms with Crippen LogP contribution < -0.4 is 5.32 Å². The summed E-state index contributed by atoms with van der Waals surface area (Å²) in [5, 5.41) is 7.50. The van der Waals surface area contributed by atoms with Gasteiger partial charge in [-0.05, 0) is 50.3 Å². The van der Waals surface area contributed by atoms with Gasteiger partial charge in [-0.1, -0.05) is 41.1 Å². The molecule has 1 amide bonds. The number of cyclic esters (lactones) is 1. The number of allylic oxidation sites excluding steroid dienone is 3. The molecule has 7 heteroatoms. The molecule has 1 N–H and O–H groups in total. The van der Waals surface area contributed by atoms with Crippen molar-refractivity contribution in [1.82, 2.24) is 10.2 Å². The molecule has 0 unspecified atom stereocenters. The maximum Gasteiger partial charge on any atom is 0.338 e. The van der Waals surface area contributed by atoms with Gasteiger partial charge in [-0.25, -0.2) is 4.79 Å². The zero-order chi connectivity index (χ0) is 22.8. The molecule has 0 aliphatic carbocycles. The van der Waals surface area contributed by atoms with Crippen molar-refractivity contribution >= 4 is 17.6 Å². The molecular formula is C25H33N3O4. The second-order valence-corrected chi connectivity index (χ2v) is 8.16. The van der Waals surface area contributed by atoms with Gasteiger partial charge >= 0.3 is 5.97 Å². The van der Waals surface area contributed by atoms with Gasteiger partial charge in [0.1, 0.15) is 0 Å². The first-order valence-electron chi connectivity index (χ1n) is 11.3. The number of oxime groups is 1. The number of benzene rings is 1. The van der Waals surface area contributed by atoms with E-state index in [-0.39, 0.29) is 18.5 Å². The summed E-state index contributed by atoms with van der Waals surface area (Å²) < 4.78 is 5.51. The average molecular weight is 440 g/mol. The second-order valence-electron chi connectivity index (χ2n) is 8.16. The van der Waals surface area contributed by atoms with Crippen molar-refractivity contribution in [1.29, 1.82) is 0 Å². The SMILES string of the molecule is Cc1cc(C)c2c(c1)CC(=N/OCC(=O)N1CCNCC1)/C=C/CC/C=C/CCOC2=O. The van der Waals surface area contributed by atoms with Gasteiger partial charge < -0.3 is 19.8 Å². The molecule has 172 valence electrons. The number of carbonyl (C=O) groups excluding carboxylic acids is 2. The quantitative estimate of drug-likeness (QED) is 0.445. The maximum atomic E-state index is 12.8. The lowest BCUT2D eigenvalue weighted by Gasteiger charge is -2.26. The minimum Gasteiger partial charge on any atom is -0.462 e. The van der Waals surface area contributed by atoms with Crippen molar-refractivity contribution in [2.24, 2.45) is 5.16 Å². The Kier molecular flexibility index (Phi) is 9.04. The number of ether oxygens (including phenoxy) is 1. The van der Waals surface area contributed by atoms with Crippen LogP contribution in [0.1, 0.15) is 46.3 Å². The molecule has 3 rings (SSSR count). The Balaban J connectivity index is 1.80. The van der Waals surface area contributed by atoms with Gasteiger partial charge in [0.05, 0.1) is 17.9 Å². The molecule has 0 spiro atoms. The monoisotopic (exact) mass is 439 g/mol. The summed E-state index contributed by atoms with van der Waals surface area (Å²) >= 11 is 0. The number of esters is 1. The first kappa shape index (κ1) is 23.7.